The second-order valence-corrected chi connectivity index (χ2v) is 15.4. The van der Waals surface area contributed by atoms with Gasteiger partial charge in [-0.25, -0.2) is 0 Å². The topological polar surface area (TPSA) is 38.7 Å². The zero-order chi connectivity index (χ0) is 23.4. The number of hydrogen-bond donors (Lipinski definition) is 1. The zero-order valence-electron chi connectivity index (χ0n) is 21.1. The van der Waals surface area contributed by atoms with E-state index in [-0.39, 0.29) is 12.0 Å². The fraction of sp³-hybridized carbons (Fsp3) is 0.704. The lowest BCUT2D eigenvalue weighted by atomic mass is 9.92. The molecular weight excluding hydrogens is 400 g/mol. The average molecular weight is 449 g/mol. The molecule has 0 aliphatic heterocycles. The number of rotatable bonds is 16. The molecule has 1 aromatic carbocycles. The van der Waals surface area contributed by atoms with Crippen LogP contribution in [0.25, 0.3) is 0 Å². The highest BCUT2D eigenvalue weighted by atomic mass is 28.4. The maximum atomic E-state index is 10.5. The van der Waals surface area contributed by atoms with Gasteiger partial charge in [-0.3, -0.25) is 0 Å². The van der Waals surface area contributed by atoms with Crippen molar-refractivity contribution >= 4 is 8.32 Å². The van der Waals surface area contributed by atoms with Gasteiger partial charge in [0.15, 0.2) is 8.32 Å². The second kappa shape index (κ2) is 14.3. The van der Waals surface area contributed by atoms with E-state index in [9.17, 15) is 5.11 Å². The van der Waals surface area contributed by atoms with Gasteiger partial charge in [0.1, 0.15) is 0 Å². The van der Waals surface area contributed by atoms with Crippen molar-refractivity contribution in [3.63, 3.8) is 0 Å². The van der Waals surface area contributed by atoms with Crippen LogP contribution in [0.15, 0.2) is 43.0 Å². The predicted octanol–water partition coefficient (Wildman–Crippen LogP) is 7.51. The molecule has 0 heterocycles. The Labute approximate surface area is 193 Å². The minimum Gasteiger partial charge on any atom is -0.416 e. The van der Waals surface area contributed by atoms with Gasteiger partial charge in [-0.2, -0.15) is 0 Å². The van der Waals surface area contributed by atoms with E-state index in [0.717, 1.165) is 25.9 Å². The number of aliphatic hydroxyl groups excluding tert-OH is 1. The molecule has 0 amide bonds. The van der Waals surface area contributed by atoms with Gasteiger partial charge in [-0.15, -0.1) is 6.58 Å². The maximum Gasteiger partial charge on any atom is 0.200 e. The predicted molar refractivity (Wildman–Crippen MR) is 136 cm³/mol. The fourth-order valence-electron chi connectivity index (χ4n) is 5.11. The molecule has 0 saturated heterocycles. The van der Waals surface area contributed by atoms with Crippen LogP contribution in [0.1, 0.15) is 79.7 Å². The summed E-state index contributed by atoms with van der Waals surface area (Å²) in [7, 11) is -1.80. The first kappa shape index (κ1) is 28.1. The summed E-state index contributed by atoms with van der Waals surface area (Å²) in [6, 6.07) is 10.3. The van der Waals surface area contributed by atoms with E-state index in [4.69, 9.17) is 9.16 Å². The Bertz CT molecular complexity index is 578. The lowest BCUT2D eigenvalue weighted by Crippen LogP contribution is -2.48. The minimum atomic E-state index is -1.80. The number of unbranched alkanes of at least 4 members (excludes halogenated alkanes) is 1. The molecule has 0 unspecified atom stereocenters. The Hall–Kier alpha value is -0.943. The lowest BCUT2D eigenvalue weighted by Gasteiger charge is -2.42. The Morgan fingerprint density at radius 1 is 0.935 bits per heavy atom. The maximum absolute atomic E-state index is 10.5. The summed E-state index contributed by atoms with van der Waals surface area (Å²) < 4.78 is 13.0. The number of aliphatic hydroxyl groups is 1. The first-order valence-corrected chi connectivity index (χ1v) is 14.4. The minimum absolute atomic E-state index is 0.0254. The number of ether oxygens (including phenoxy) is 1. The molecule has 0 saturated carbocycles. The molecule has 31 heavy (non-hydrogen) atoms. The number of benzene rings is 1. The van der Waals surface area contributed by atoms with E-state index in [1.54, 1.807) is 6.08 Å². The molecule has 0 bridgehead atoms. The lowest BCUT2D eigenvalue weighted by molar-refractivity contribution is -0.0424. The van der Waals surface area contributed by atoms with Crippen LogP contribution in [0.3, 0.4) is 0 Å². The van der Waals surface area contributed by atoms with Crippen LogP contribution in [-0.2, 0) is 15.8 Å². The van der Waals surface area contributed by atoms with Gasteiger partial charge in [0.2, 0.25) is 0 Å². The van der Waals surface area contributed by atoms with Gasteiger partial charge in [-0.1, -0.05) is 84.9 Å². The molecule has 178 valence electrons. The summed E-state index contributed by atoms with van der Waals surface area (Å²) in [6.45, 7) is 21.3. The van der Waals surface area contributed by atoms with Gasteiger partial charge < -0.3 is 14.3 Å². The van der Waals surface area contributed by atoms with Gasteiger partial charge >= 0.3 is 0 Å². The fourth-order valence-corrected chi connectivity index (χ4v) is 10.6. The molecule has 1 rings (SSSR count). The monoisotopic (exact) mass is 448 g/mol. The molecule has 0 aromatic heterocycles. The van der Waals surface area contributed by atoms with Gasteiger partial charge in [0.25, 0.3) is 0 Å². The van der Waals surface area contributed by atoms with Crippen molar-refractivity contribution in [1.29, 1.82) is 0 Å². The van der Waals surface area contributed by atoms with Gasteiger partial charge in [0.05, 0.1) is 18.8 Å². The van der Waals surface area contributed by atoms with Crippen molar-refractivity contribution in [2.75, 3.05) is 6.61 Å². The molecule has 4 heteroatoms. The molecule has 0 fully saturated rings. The van der Waals surface area contributed by atoms with Crippen molar-refractivity contribution in [3.8, 4) is 0 Å². The van der Waals surface area contributed by atoms with Crippen LogP contribution in [0.4, 0.5) is 0 Å². The van der Waals surface area contributed by atoms with Crippen molar-refractivity contribution in [1.82, 2.24) is 0 Å². The molecule has 0 aliphatic carbocycles. The molecule has 0 radical (unpaired) electrons. The molecule has 0 aliphatic rings. The first-order valence-electron chi connectivity index (χ1n) is 12.2. The largest absolute Gasteiger partial charge is 0.416 e. The van der Waals surface area contributed by atoms with Crippen LogP contribution in [0, 0.1) is 5.92 Å². The second-order valence-electron chi connectivity index (χ2n) is 9.95. The number of hydrogen-bond acceptors (Lipinski definition) is 3. The quantitative estimate of drug-likeness (QED) is 0.161. The SMILES string of the molecule is C=CC[C@H](O)[C@@H](C)[C@@H](CCCCO[Si](C(C)C)(C(C)C)C(C)C)OCc1ccccc1. The van der Waals surface area contributed by atoms with E-state index >= 15 is 0 Å². The molecule has 1 N–H and O–H groups in total. The Kier molecular flexibility index (Phi) is 12.9. The summed E-state index contributed by atoms with van der Waals surface area (Å²) in [5, 5.41) is 10.5. The highest BCUT2D eigenvalue weighted by Crippen LogP contribution is 2.42. The summed E-state index contributed by atoms with van der Waals surface area (Å²) in [5.74, 6) is 0.0677. The van der Waals surface area contributed by atoms with Gasteiger partial charge in [0, 0.05) is 12.5 Å². The summed E-state index contributed by atoms with van der Waals surface area (Å²) in [4.78, 5) is 0. The third kappa shape index (κ3) is 8.49. The van der Waals surface area contributed by atoms with Crippen molar-refractivity contribution in [2.45, 2.75) is 110 Å². The summed E-state index contributed by atoms with van der Waals surface area (Å²) in [6.07, 6.45) is 5.01. The van der Waals surface area contributed by atoms with Crippen molar-refractivity contribution in [2.24, 2.45) is 5.92 Å². The van der Waals surface area contributed by atoms with Crippen molar-refractivity contribution in [3.05, 3.63) is 48.6 Å². The van der Waals surface area contributed by atoms with E-state index < -0.39 is 14.4 Å². The van der Waals surface area contributed by atoms with E-state index in [1.165, 1.54) is 5.56 Å². The van der Waals surface area contributed by atoms with Crippen molar-refractivity contribution < 1.29 is 14.3 Å². The van der Waals surface area contributed by atoms with Crippen LogP contribution >= 0.6 is 0 Å². The van der Waals surface area contributed by atoms with E-state index in [0.29, 0.717) is 29.7 Å². The van der Waals surface area contributed by atoms with Crippen LogP contribution in [0.5, 0.6) is 0 Å². The zero-order valence-corrected chi connectivity index (χ0v) is 22.1. The molecule has 0 spiro atoms. The Morgan fingerprint density at radius 2 is 1.52 bits per heavy atom. The van der Waals surface area contributed by atoms with Crippen LogP contribution in [0.2, 0.25) is 16.6 Å². The Morgan fingerprint density at radius 3 is 2.03 bits per heavy atom. The molecular formula is C27H48O3Si. The third-order valence-corrected chi connectivity index (χ3v) is 13.0. The molecule has 3 nitrogen and oxygen atoms in total. The highest BCUT2D eigenvalue weighted by molar-refractivity contribution is 6.77. The van der Waals surface area contributed by atoms with E-state index in [2.05, 4.69) is 67.2 Å². The summed E-state index contributed by atoms with van der Waals surface area (Å²) in [5.41, 5.74) is 3.01. The third-order valence-electron chi connectivity index (χ3n) is 6.85. The standard InChI is InChI=1S/C27H48O3Si/c1-9-15-26(28)24(8)27(29-20-25-16-11-10-12-17-25)18-13-14-19-30-31(21(2)3,22(4)5)23(6)7/h9-12,16-17,21-24,26-28H,1,13-15,18-20H2,2-8H3/t24-,26+,27-/m1/s1. The molecule has 3 atom stereocenters. The first-order chi connectivity index (χ1) is 14.7. The summed E-state index contributed by atoms with van der Waals surface area (Å²) >= 11 is 0. The smallest absolute Gasteiger partial charge is 0.200 e. The average Bonchev–Trinajstić information content (AvgIpc) is 2.72. The molecule has 1 aromatic rings. The van der Waals surface area contributed by atoms with Crippen LogP contribution < -0.4 is 0 Å². The Balaban J connectivity index is 2.65. The van der Waals surface area contributed by atoms with Gasteiger partial charge in [-0.05, 0) is 47.9 Å². The van der Waals surface area contributed by atoms with Crippen LogP contribution in [-0.4, -0.2) is 32.2 Å². The highest BCUT2D eigenvalue weighted by Gasteiger charge is 2.44. The normalized spacial score (nSPS) is 15.5. The van der Waals surface area contributed by atoms with E-state index in [1.807, 2.05) is 18.2 Å².